The Morgan fingerprint density at radius 2 is 1.30 bits per heavy atom. The Kier molecular flexibility index (Phi) is 6.59. The molecule has 0 aromatic heterocycles. The number of rotatable bonds is 3. The molecule has 0 aliphatic carbocycles. The van der Waals surface area contributed by atoms with Crippen molar-refractivity contribution in [1.29, 1.82) is 0 Å². The molecule has 0 saturated carbocycles. The van der Waals surface area contributed by atoms with Gasteiger partial charge in [-0.2, -0.15) is 0 Å². The van der Waals surface area contributed by atoms with Crippen molar-refractivity contribution in [3.05, 3.63) is 70.8 Å². The first-order valence-electron chi connectivity index (χ1n) is 8.10. The van der Waals surface area contributed by atoms with Crippen LogP contribution in [0.1, 0.15) is 33.6 Å². The minimum absolute atomic E-state index is 0. The van der Waals surface area contributed by atoms with E-state index in [-0.39, 0.29) is 49.5 Å². The van der Waals surface area contributed by atoms with E-state index >= 15 is 0 Å². The van der Waals surface area contributed by atoms with Crippen LogP contribution < -0.4 is 0 Å². The summed E-state index contributed by atoms with van der Waals surface area (Å²) in [5.41, 5.74) is -0.415. The van der Waals surface area contributed by atoms with Crippen molar-refractivity contribution in [2.45, 2.75) is 12.8 Å². The fourth-order valence-corrected chi connectivity index (χ4v) is 3.09. The number of carbonyl (C=O) groups is 2. The van der Waals surface area contributed by atoms with E-state index in [2.05, 4.69) is 0 Å². The maximum absolute atomic E-state index is 13.8. The molecule has 0 radical (unpaired) electrons. The predicted molar refractivity (Wildman–Crippen MR) is 92.9 cm³/mol. The summed E-state index contributed by atoms with van der Waals surface area (Å²) in [6, 6.07) is 5.51. The Balaban J connectivity index is 0.00000261. The van der Waals surface area contributed by atoms with Gasteiger partial charge in [-0.25, -0.2) is 17.6 Å². The molecular weight excluding hydrogens is 386 g/mol. The number of benzene rings is 2. The van der Waals surface area contributed by atoms with Crippen molar-refractivity contribution in [3.8, 4) is 0 Å². The van der Waals surface area contributed by atoms with E-state index in [0.29, 0.717) is 12.1 Å². The largest absolute Gasteiger partial charge is 0.339 e. The maximum atomic E-state index is 13.8. The van der Waals surface area contributed by atoms with Gasteiger partial charge in [0, 0.05) is 31.1 Å². The summed E-state index contributed by atoms with van der Waals surface area (Å²) < 4.78 is 53.4. The van der Waals surface area contributed by atoms with Crippen molar-refractivity contribution < 1.29 is 27.2 Å². The van der Waals surface area contributed by atoms with Gasteiger partial charge in [-0.05, 0) is 37.1 Å². The summed E-state index contributed by atoms with van der Waals surface area (Å²) in [5, 5.41) is 0. The Labute approximate surface area is 159 Å². The second-order valence-corrected chi connectivity index (χ2v) is 6.18. The van der Waals surface area contributed by atoms with Crippen molar-refractivity contribution >= 4 is 24.1 Å². The minimum atomic E-state index is -0.943. The molecule has 3 nitrogen and oxygen atoms in total. The lowest BCUT2D eigenvalue weighted by atomic mass is 9.88. The summed E-state index contributed by atoms with van der Waals surface area (Å²) in [5.74, 6) is -4.92. The number of Topliss-reactive ketones (excluding diaryl/α,β-unsaturated/α-hetero) is 1. The van der Waals surface area contributed by atoms with Gasteiger partial charge < -0.3 is 4.90 Å². The molecule has 1 heterocycles. The monoisotopic (exact) mass is 401 g/mol. The number of hydrogen-bond donors (Lipinski definition) is 0. The third-order valence-electron chi connectivity index (χ3n) is 4.51. The molecular formula is C19H16ClF4NO2. The average molecular weight is 402 g/mol. The fourth-order valence-electron chi connectivity index (χ4n) is 3.09. The third-order valence-corrected chi connectivity index (χ3v) is 4.51. The normalized spacial score (nSPS) is 14.6. The summed E-state index contributed by atoms with van der Waals surface area (Å²) in [6.07, 6.45) is 0.564. The highest BCUT2D eigenvalue weighted by molar-refractivity contribution is 5.98. The lowest BCUT2D eigenvalue weighted by molar-refractivity contribution is 0.0645. The van der Waals surface area contributed by atoms with Crippen LogP contribution in [0.5, 0.6) is 0 Å². The van der Waals surface area contributed by atoms with Crippen LogP contribution in [-0.2, 0) is 0 Å². The quantitative estimate of drug-likeness (QED) is 0.564. The predicted octanol–water partition coefficient (Wildman–Crippen LogP) is 4.40. The first-order valence-corrected chi connectivity index (χ1v) is 8.10. The summed E-state index contributed by atoms with van der Waals surface area (Å²) in [4.78, 5) is 26.1. The van der Waals surface area contributed by atoms with Crippen LogP contribution in [-0.4, -0.2) is 29.7 Å². The molecule has 144 valence electrons. The SMILES string of the molecule is Cl.O=C(c1ccc(F)cc1F)C1CCN(C(=O)c2ccc(F)cc2F)CC1. The van der Waals surface area contributed by atoms with Crippen LogP contribution in [0.25, 0.3) is 0 Å². The van der Waals surface area contributed by atoms with Crippen LogP contribution in [0.2, 0.25) is 0 Å². The molecule has 1 aliphatic heterocycles. The second kappa shape index (κ2) is 8.52. The molecule has 1 aliphatic rings. The van der Waals surface area contributed by atoms with E-state index in [9.17, 15) is 27.2 Å². The molecule has 3 rings (SSSR count). The molecule has 8 heteroatoms. The minimum Gasteiger partial charge on any atom is -0.339 e. The van der Waals surface area contributed by atoms with E-state index in [1.165, 1.54) is 4.90 Å². The molecule has 1 fully saturated rings. The van der Waals surface area contributed by atoms with Gasteiger partial charge >= 0.3 is 0 Å². The Hall–Kier alpha value is -2.41. The summed E-state index contributed by atoms with van der Waals surface area (Å²) in [6.45, 7) is 0.379. The first-order chi connectivity index (χ1) is 12.4. The molecule has 0 N–H and O–H groups in total. The zero-order chi connectivity index (χ0) is 18.8. The highest BCUT2D eigenvalue weighted by atomic mass is 35.5. The van der Waals surface area contributed by atoms with Crippen molar-refractivity contribution in [1.82, 2.24) is 4.90 Å². The topological polar surface area (TPSA) is 37.4 Å². The van der Waals surface area contributed by atoms with Gasteiger partial charge in [-0.3, -0.25) is 9.59 Å². The van der Waals surface area contributed by atoms with Crippen LogP contribution in [0.4, 0.5) is 17.6 Å². The number of ketones is 1. The second-order valence-electron chi connectivity index (χ2n) is 6.18. The Morgan fingerprint density at radius 3 is 1.78 bits per heavy atom. The fraction of sp³-hybridized carbons (Fsp3) is 0.263. The Bertz CT molecular complexity index is 795. The van der Waals surface area contributed by atoms with Gasteiger partial charge in [0.15, 0.2) is 5.78 Å². The molecule has 27 heavy (non-hydrogen) atoms. The van der Waals surface area contributed by atoms with Gasteiger partial charge in [0.05, 0.1) is 11.1 Å². The number of halogens is 5. The van der Waals surface area contributed by atoms with Crippen molar-refractivity contribution in [2.75, 3.05) is 13.1 Å². The number of amides is 1. The molecule has 0 spiro atoms. The number of likely N-dealkylation sites (tertiary alicyclic amines) is 1. The number of piperidine rings is 1. The number of hydrogen-bond acceptors (Lipinski definition) is 2. The van der Waals surface area contributed by atoms with Crippen LogP contribution in [0.3, 0.4) is 0 Å². The number of carbonyl (C=O) groups excluding carboxylic acids is 2. The van der Waals surface area contributed by atoms with E-state index < -0.39 is 40.9 Å². The highest BCUT2D eigenvalue weighted by Crippen LogP contribution is 2.25. The van der Waals surface area contributed by atoms with Crippen molar-refractivity contribution in [3.63, 3.8) is 0 Å². The third kappa shape index (κ3) is 4.47. The van der Waals surface area contributed by atoms with Crippen LogP contribution >= 0.6 is 12.4 Å². The Morgan fingerprint density at radius 1 is 0.815 bits per heavy atom. The lowest BCUT2D eigenvalue weighted by Crippen LogP contribution is -2.40. The molecule has 1 amide bonds. The maximum Gasteiger partial charge on any atom is 0.256 e. The lowest BCUT2D eigenvalue weighted by Gasteiger charge is -2.31. The van der Waals surface area contributed by atoms with Crippen LogP contribution in [0, 0.1) is 29.2 Å². The zero-order valence-corrected chi connectivity index (χ0v) is 14.9. The molecule has 1 saturated heterocycles. The summed E-state index contributed by atoms with van der Waals surface area (Å²) in [7, 11) is 0. The summed E-state index contributed by atoms with van der Waals surface area (Å²) >= 11 is 0. The molecule has 2 aromatic rings. The number of nitrogens with zero attached hydrogens (tertiary/aromatic N) is 1. The van der Waals surface area contributed by atoms with Gasteiger partial charge in [0.2, 0.25) is 0 Å². The van der Waals surface area contributed by atoms with Gasteiger partial charge in [0.1, 0.15) is 23.3 Å². The van der Waals surface area contributed by atoms with Crippen LogP contribution in [0.15, 0.2) is 36.4 Å². The van der Waals surface area contributed by atoms with E-state index in [0.717, 1.165) is 24.3 Å². The van der Waals surface area contributed by atoms with E-state index in [1.54, 1.807) is 0 Å². The molecule has 2 aromatic carbocycles. The van der Waals surface area contributed by atoms with E-state index in [4.69, 9.17) is 0 Å². The standard InChI is InChI=1S/C19H15F4NO2.ClH/c20-12-1-3-14(16(22)9-12)18(25)11-5-7-24(8-6-11)19(26)15-4-2-13(21)10-17(15)23;/h1-4,9-11H,5-8H2;1H. The average Bonchev–Trinajstić information content (AvgIpc) is 2.61. The first kappa shape index (κ1) is 20.9. The van der Waals surface area contributed by atoms with Gasteiger partial charge in [-0.1, -0.05) is 0 Å². The van der Waals surface area contributed by atoms with Crippen molar-refractivity contribution in [2.24, 2.45) is 5.92 Å². The highest BCUT2D eigenvalue weighted by Gasteiger charge is 2.30. The molecule has 0 unspecified atom stereocenters. The zero-order valence-electron chi connectivity index (χ0n) is 14.1. The molecule has 0 atom stereocenters. The van der Waals surface area contributed by atoms with E-state index in [1.807, 2.05) is 0 Å². The van der Waals surface area contributed by atoms with Gasteiger partial charge in [0.25, 0.3) is 5.91 Å². The smallest absolute Gasteiger partial charge is 0.256 e. The molecule has 0 bridgehead atoms. The van der Waals surface area contributed by atoms with Gasteiger partial charge in [-0.15, -0.1) is 12.4 Å².